The molecule has 3 aromatic rings. The van der Waals surface area contributed by atoms with Crippen molar-refractivity contribution in [3.8, 4) is 12.1 Å². The summed E-state index contributed by atoms with van der Waals surface area (Å²) in [5.74, 6) is 1.27. The monoisotopic (exact) mass is 704 g/mol. The number of halogens is 3. The summed E-state index contributed by atoms with van der Waals surface area (Å²) in [7, 11) is -6.09. The summed E-state index contributed by atoms with van der Waals surface area (Å²) >= 11 is 0. The molecule has 5 nitrogen and oxygen atoms in total. The molecule has 0 N–H and O–H groups in total. The van der Waals surface area contributed by atoms with E-state index in [2.05, 4.69) is 98.1 Å². The molecule has 0 unspecified atom stereocenters. The summed E-state index contributed by atoms with van der Waals surface area (Å²) in [4.78, 5) is 0. The van der Waals surface area contributed by atoms with Gasteiger partial charge >= 0.3 is 5.51 Å². The molecular formula is C27H22F3IrN2O3S-. The van der Waals surface area contributed by atoms with Crippen LogP contribution in [0.5, 0.6) is 0 Å². The molecule has 3 aromatic carbocycles. The van der Waals surface area contributed by atoms with Gasteiger partial charge in [0.05, 0.1) is 12.1 Å². The van der Waals surface area contributed by atoms with Crippen molar-refractivity contribution in [2.45, 2.75) is 19.4 Å². The molecule has 0 fully saturated rings. The van der Waals surface area contributed by atoms with Gasteiger partial charge in [-0.3, -0.25) is 0 Å². The molecule has 37 heavy (non-hydrogen) atoms. The van der Waals surface area contributed by atoms with E-state index in [0.717, 1.165) is 0 Å². The van der Waals surface area contributed by atoms with Crippen LogP contribution < -0.4 is 0 Å². The zero-order valence-corrected chi connectivity index (χ0v) is 22.9. The second-order valence-electron chi connectivity index (χ2n) is 6.82. The van der Waals surface area contributed by atoms with E-state index in [0.29, 0.717) is 0 Å². The molecule has 195 valence electrons. The average molecular weight is 704 g/mol. The summed E-state index contributed by atoms with van der Waals surface area (Å²) in [6.45, 7) is 2.86. The molecular weight excluding hydrogens is 682 g/mol. The zero-order chi connectivity index (χ0) is 27.2. The van der Waals surface area contributed by atoms with Gasteiger partial charge in [0.15, 0.2) is 10.1 Å². The van der Waals surface area contributed by atoms with Gasteiger partial charge < -0.3 is 4.55 Å². The van der Waals surface area contributed by atoms with Crippen LogP contribution in [0, 0.1) is 47.8 Å². The van der Waals surface area contributed by atoms with E-state index < -0.39 is 15.6 Å². The molecule has 10 heteroatoms. The molecule has 0 amide bonds. The summed E-state index contributed by atoms with van der Waals surface area (Å²) < 4.78 is 58.9. The van der Waals surface area contributed by atoms with Gasteiger partial charge in [-0.15, -0.1) is 0 Å². The van der Waals surface area contributed by atoms with Gasteiger partial charge in [0.2, 0.25) is 0 Å². The fourth-order valence-electron chi connectivity index (χ4n) is 2.95. The van der Waals surface area contributed by atoms with E-state index >= 15 is 0 Å². The van der Waals surface area contributed by atoms with Crippen molar-refractivity contribution in [2.24, 2.45) is 0 Å². The molecule has 0 spiro atoms. The predicted octanol–water partition coefficient (Wildman–Crippen LogP) is 6.14. The van der Waals surface area contributed by atoms with E-state index in [1.165, 1.54) is 47.6 Å². The molecule has 1 aliphatic rings. The number of nitrogens with zero attached hydrogens (tertiary/aromatic N) is 2. The Labute approximate surface area is 229 Å². The standard InChI is InChI=1S/C22H16.2C2H3N.CHF3O3S.Ir/c1-2-9-18(10-3-1)22-16-20-12-5-4-8-17(20)14-15-19-11-6-7-13-21(19)22;2*1-2-3;2-1(3,4)8(5,6)7;/h1-16H;2*1H3;(H,5,6,7);/p-1. The SMILES string of the molecule is CC#N.CC#N.O=S(=O)([O-])C(F)(F)F.[CH]1[CH]c2ccccc2[C](c2ccccc2)[CH]c2ccccc21.[Ir]. The van der Waals surface area contributed by atoms with Gasteiger partial charge in [0.1, 0.15) is 0 Å². The maximum absolute atomic E-state index is 10.7. The first kappa shape index (κ1) is 34.0. The van der Waals surface area contributed by atoms with Crippen molar-refractivity contribution >= 4 is 10.1 Å². The van der Waals surface area contributed by atoms with Crippen molar-refractivity contribution in [1.82, 2.24) is 0 Å². The molecule has 1 aliphatic carbocycles. The molecule has 5 radical (unpaired) electrons. The van der Waals surface area contributed by atoms with Crippen molar-refractivity contribution in [3.63, 3.8) is 0 Å². The van der Waals surface area contributed by atoms with E-state index in [1.54, 1.807) is 12.1 Å². The maximum atomic E-state index is 10.7. The van der Waals surface area contributed by atoms with Crippen molar-refractivity contribution in [1.29, 1.82) is 10.5 Å². The fraction of sp³-hybridized carbons (Fsp3) is 0.111. The Balaban J connectivity index is 0.000000729. The van der Waals surface area contributed by atoms with Crippen LogP contribution in [0.25, 0.3) is 0 Å². The predicted molar refractivity (Wildman–Crippen MR) is 129 cm³/mol. The largest absolute Gasteiger partial charge is 0.741 e. The number of hydrogen-bond donors (Lipinski definition) is 0. The van der Waals surface area contributed by atoms with Crippen LogP contribution in [0.2, 0.25) is 0 Å². The van der Waals surface area contributed by atoms with E-state index in [-0.39, 0.29) is 20.1 Å². The number of rotatable bonds is 1. The van der Waals surface area contributed by atoms with Gasteiger partial charge in [-0.1, -0.05) is 78.9 Å². The van der Waals surface area contributed by atoms with Crippen LogP contribution in [0.3, 0.4) is 0 Å². The van der Waals surface area contributed by atoms with Crippen LogP contribution in [0.1, 0.15) is 41.7 Å². The molecule has 0 bridgehead atoms. The Morgan fingerprint density at radius 1 is 0.730 bits per heavy atom. The van der Waals surface area contributed by atoms with Crippen LogP contribution in [0.4, 0.5) is 13.2 Å². The third kappa shape index (κ3) is 11.3. The first-order valence-electron chi connectivity index (χ1n) is 10.3. The Kier molecular flexibility index (Phi) is 15.3. The maximum Gasteiger partial charge on any atom is 0.485 e. The van der Waals surface area contributed by atoms with Crippen molar-refractivity contribution in [2.75, 3.05) is 0 Å². The summed E-state index contributed by atoms with van der Waals surface area (Å²) in [5, 5.41) is 14.6. The number of alkyl halides is 3. The van der Waals surface area contributed by atoms with E-state index in [1.807, 2.05) is 0 Å². The van der Waals surface area contributed by atoms with Crippen LogP contribution in [-0.4, -0.2) is 18.5 Å². The minimum atomic E-state index is -6.09. The normalized spacial score (nSPS) is 12.1. The Morgan fingerprint density at radius 2 is 1.11 bits per heavy atom. The number of nitriles is 2. The van der Waals surface area contributed by atoms with E-state index in [9.17, 15) is 13.2 Å². The Hall–Kier alpha value is -3.01. The minimum Gasteiger partial charge on any atom is -0.741 e. The summed E-state index contributed by atoms with van der Waals surface area (Å²) in [5.41, 5.74) is 0.650. The molecule has 0 saturated heterocycles. The second kappa shape index (κ2) is 16.7. The third-order valence-corrected chi connectivity index (χ3v) is 4.92. The minimum absolute atomic E-state index is 0. The van der Waals surface area contributed by atoms with E-state index in [4.69, 9.17) is 23.5 Å². The Morgan fingerprint density at radius 3 is 1.59 bits per heavy atom. The number of fused-ring (bicyclic) bond motifs is 2. The first-order valence-corrected chi connectivity index (χ1v) is 11.7. The smallest absolute Gasteiger partial charge is 0.485 e. The summed E-state index contributed by atoms with van der Waals surface area (Å²) in [6, 6.07) is 31.2. The fourth-order valence-corrected chi connectivity index (χ4v) is 2.95. The van der Waals surface area contributed by atoms with Crippen molar-refractivity contribution in [3.05, 3.63) is 132 Å². The molecule has 0 heterocycles. The van der Waals surface area contributed by atoms with Gasteiger partial charge in [-0.05, 0) is 40.7 Å². The van der Waals surface area contributed by atoms with Crippen LogP contribution >= 0.6 is 0 Å². The number of hydrogen-bond acceptors (Lipinski definition) is 5. The number of benzene rings is 3. The van der Waals surface area contributed by atoms with Gasteiger partial charge in [-0.25, -0.2) is 8.42 Å². The molecule has 0 atom stereocenters. The average Bonchev–Trinajstić information content (AvgIpc) is 2.81. The first-order chi connectivity index (χ1) is 17.0. The quantitative estimate of drug-likeness (QED) is 0.224. The van der Waals surface area contributed by atoms with Gasteiger partial charge in [0, 0.05) is 46.3 Å². The third-order valence-electron chi connectivity index (χ3n) is 4.36. The van der Waals surface area contributed by atoms with Gasteiger partial charge in [0.25, 0.3) is 0 Å². The molecule has 0 aliphatic heterocycles. The molecule has 0 aromatic heterocycles. The second-order valence-corrected chi connectivity index (χ2v) is 8.19. The molecule has 4 rings (SSSR count). The van der Waals surface area contributed by atoms with Crippen LogP contribution in [0.15, 0.2) is 78.9 Å². The molecule has 0 saturated carbocycles. The Bertz CT molecular complexity index is 1270. The van der Waals surface area contributed by atoms with Crippen molar-refractivity contribution < 1.29 is 46.2 Å². The van der Waals surface area contributed by atoms with Gasteiger partial charge in [-0.2, -0.15) is 23.7 Å². The topological polar surface area (TPSA) is 105 Å². The zero-order valence-electron chi connectivity index (χ0n) is 19.7. The summed E-state index contributed by atoms with van der Waals surface area (Å²) in [6.07, 6.45) is 6.71. The van der Waals surface area contributed by atoms with Crippen LogP contribution in [-0.2, 0) is 30.2 Å².